The molecule has 1 unspecified atom stereocenters. The maximum absolute atomic E-state index is 15.2. The number of aliphatic hydroxyl groups excluding tert-OH is 1. The van der Waals surface area contributed by atoms with E-state index in [-0.39, 0.29) is 27.4 Å². The van der Waals surface area contributed by atoms with E-state index < -0.39 is 50.1 Å². The van der Waals surface area contributed by atoms with Crippen molar-refractivity contribution in [3.05, 3.63) is 76.3 Å². The molecule has 0 saturated heterocycles. The molecule has 0 fully saturated rings. The van der Waals surface area contributed by atoms with Gasteiger partial charge in [0, 0.05) is 30.5 Å². The Morgan fingerprint density at radius 2 is 2.06 bits per heavy atom. The van der Waals surface area contributed by atoms with Crippen LogP contribution in [0.5, 0.6) is 0 Å². The van der Waals surface area contributed by atoms with Crippen LogP contribution in [0.3, 0.4) is 0 Å². The van der Waals surface area contributed by atoms with Crippen LogP contribution in [0.2, 0.25) is 5.02 Å². The minimum atomic E-state index is -4.50. The van der Waals surface area contributed by atoms with Crippen LogP contribution >= 0.6 is 11.6 Å². The molecule has 0 bridgehead atoms. The summed E-state index contributed by atoms with van der Waals surface area (Å²) < 4.78 is 66.4. The SMILES string of the molecule is COC(O)c1ccc(S(=O)(=O)Nc2ccc(F)c(C(=O)c3c[nH]c4ncc(Cl)cc34)c2F)o1. The van der Waals surface area contributed by atoms with E-state index in [9.17, 15) is 22.7 Å². The number of furan rings is 1. The fraction of sp³-hybridized carbons (Fsp3) is 0.100. The summed E-state index contributed by atoms with van der Waals surface area (Å²) in [7, 11) is -3.33. The topological polar surface area (TPSA) is 135 Å². The van der Waals surface area contributed by atoms with Gasteiger partial charge in [-0.15, -0.1) is 0 Å². The van der Waals surface area contributed by atoms with Gasteiger partial charge in [0.1, 0.15) is 11.5 Å². The first-order valence-corrected chi connectivity index (χ1v) is 11.0. The maximum Gasteiger partial charge on any atom is 0.295 e. The number of aromatic amines is 1. The Morgan fingerprint density at radius 1 is 1.30 bits per heavy atom. The van der Waals surface area contributed by atoms with Crippen LogP contribution in [-0.2, 0) is 14.8 Å². The monoisotopic (exact) mass is 497 g/mol. The second-order valence-electron chi connectivity index (χ2n) is 6.72. The van der Waals surface area contributed by atoms with Crippen LogP contribution in [-0.4, -0.2) is 36.4 Å². The van der Waals surface area contributed by atoms with E-state index in [0.717, 1.165) is 24.3 Å². The van der Waals surface area contributed by atoms with Crippen LogP contribution < -0.4 is 4.72 Å². The van der Waals surface area contributed by atoms with Crippen LogP contribution in [0.4, 0.5) is 14.5 Å². The van der Waals surface area contributed by atoms with Crippen molar-refractivity contribution < 1.29 is 36.3 Å². The number of nitrogens with one attached hydrogen (secondary N) is 2. The Labute approximate surface area is 190 Å². The van der Waals surface area contributed by atoms with Gasteiger partial charge in [-0.2, -0.15) is 8.42 Å². The summed E-state index contributed by atoms with van der Waals surface area (Å²) in [6.45, 7) is 0. The molecule has 0 radical (unpaired) electrons. The summed E-state index contributed by atoms with van der Waals surface area (Å²) in [6.07, 6.45) is 1.04. The van der Waals surface area contributed by atoms with E-state index in [1.165, 1.54) is 25.6 Å². The molecule has 4 rings (SSSR count). The van der Waals surface area contributed by atoms with Crippen molar-refractivity contribution in [2.75, 3.05) is 11.8 Å². The quantitative estimate of drug-likeness (QED) is 0.261. The third-order valence-corrected chi connectivity index (χ3v) is 6.08. The average molecular weight is 498 g/mol. The molecule has 3 heterocycles. The van der Waals surface area contributed by atoms with Gasteiger partial charge in [0.25, 0.3) is 10.0 Å². The first-order chi connectivity index (χ1) is 15.6. The van der Waals surface area contributed by atoms with E-state index in [1.807, 2.05) is 4.72 Å². The number of sulfonamides is 1. The number of rotatable bonds is 7. The van der Waals surface area contributed by atoms with Crippen LogP contribution in [0.15, 0.2) is 52.2 Å². The Balaban J connectivity index is 1.72. The Bertz CT molecular complexity index is 1480. The predicted octanol–water partition coefficient (Wildman–Crippen LogP) is 3.76. The number of nitrogens with zero attached hydrogens (tertiary/aromatic N) is 1. The molecule has 172 valence electrons. The molecule has 1 atom stereocenters. The van der Waals surface area contributed by atoms with Crippen molar-refractivity contribution in [2.24, 2.45) is 0 Å². The summed E-state index contributed by atoms with van der Waals surface area (Å²) in [5, 5.41) is 9.34. The van der Waals surface area contributed by atoms with E-state index >= 15 is 4.39 Å². The van der Waals surface area contributed by atoms with E-state index in [2.05, 4.69) is 14.7 Å². The third kappa shape index (κ3) is 4.20. The molecule has 0 amide bonds. The molecule has 33 heavy (non-hydrogen) atoms. The number of carbonyl (C=O) groups is 1. The van der Waals surface area contributed by atoms with Crippen molar-refractivity contribution in [3.63, 3.8) is 0 Å². The lowest BCUT2D eigenvalue weighted by Crippen LogP contribution is -2.16. The van der Waals surface area contributed by atoms with Gasteiger partial charge in [0.05, 0.1) is 16.3 Å². The lowest BCUT2D eigenvalue weighted by molar-refractivity contribution is -0.0918. The first kappa shape index (κ1) is 22.9. The summed E-state index contributed by atoms with van der Waals surface area (Å²) in [4.78, 5) is 19.7. The second-order valence-corrected chi connectivity index (χ2v) is 8.77. The van der Waals surface area contributed by atoms with Gasteiger partial charge < -0.3 is 19.2 Å². The number of fused-ring (bicyclic) bond motifs is 1. The number of ether oxygens (including phenoxy) is 1. The summed E-state index contributed by atoms with van der Waals surface area (Å²) in [5.74, 6) is -3.89. The molecule has 1 aromatic carbocycles. The number of ketones is 1. The second kappa shape index (κ2) is 8.56. The van der Waals surface area contributed by atoms with E-state index in [0.29, 0.717) is 0 Å². The number of aromatic nitrogens is 2. The highest BCUT2D eigenvalue weighted by Crippen LogP contribution is 2.29. The zero-order valence-electron chi connectivity index (χ0n) is 16.6. The maximum atomic E-state index is 15.2. The average Bonchev–Trinajstić information content (AvgIpc) is 3.43. The number of carbonyl (C=O) groups excluding carboxylic acids is 1. The van der Waals surface area contributed by atoms with Crippen molar-refractivity contribution >= 4 is 44.1 Å². The largest absolute Gasteiger partial charge is 0.442 e. The molecule has 3 aromatic heterocycles. The van der Waals surface area contributed by atoms with Crippen molar-refractivity contribution in [3.8, 4) is 0 Å². The molecule has 4 aromatic rings. The van der Waals surface area contributed by atoms with Gasteiger partial charge in [-0.1, -0.05) is 11.6 Å². The van der Waals surface area contributed by atoms with Gasteiger partial charge in [-0.05, 0) is 30.3 Å². The minimum Gasteiger partial charge on any atom is -0.442 e. The zero-order valence-corrected chi connectivity index (χ0v) is 18.2. The van der Waals surface area contributed by atoms with Crippen molar-refractivity contribution in [2.45, 2.75) is 11.4 Å². The number of pyridine rings is 1. The normalized spacial score (nSPS) is 12.8. The third-order valence-electron chi connectivity index (χ3n) is 4.64. The fourth-order valence-electron chi connectivity index (χ4n) is 3.06. The Hall–Kier alpha value is -3.32. The number of hydrogen-bond acceptors (Lipinski definition) is 7. The number of aliphatic hydroxyl groups is 1. The Kier molecular flexibility index (Phi) is 5.93. The number of methoxy groups -OCH3 is 1. The smallest absolute Gasteiger partial charge is 0.295 e. The van der Waals surface area contributed by atoms with Gasteiger partial charge in [0.15, 0.2) is 11.6 Å². The van der Waals surface area contributed by atoms with Gasteiger partial charge in [-0.3, -0.25) is 9.52 Å². The van der Waals surface area contributed by atoms with Crippen molar-refractivity contribution in [1.82, 2.24) is 9.97 Å². The highest BCUT2D eigenvalue weighted by Gasteiger charge is 2.28. The summed E-state index contributed by atoms with van der Waals surface area (Å²) in [6, 6.07) is 5.13. The van der Waals surface area contributed by atoms with Crippen LogP contribution in [0.25, 0.3) is 11.0 Å². The minimum absolute atomic E-state index is 0.109. The lowest BCUT2D eigenvalue weighted by atomic mass is 10.0. The fourth-order valence-corrected chi connectivity index (χ4v) is 4.22. The Morgan fingerprint density at radius 3 is 2.79 bits per heavy atom. The molecule has 0 spiro atoms. The predicted molar refractivity (Wildman–Crippen MR) is 112 cm³/mol. The zero-order chi connectivity index (χ0) is 23.9. The number of halogens is 3. The molecule has 0 aliphatic carbocycles. The van der Waals surface area contributed by atoms with Crippen LogP contribution in [0, 0.1) is 11.6 Å². The van der Waals surface area contributed by atoms with Gasteiger partial charge >= 0.3 is 0 Å². The number of H-pyrrole nitrogens is 1. The highest BCUT2D eigenvalue weighted by atomic mass is 35.5. The van der Waals surface area contributed by atoms with Gasteiger partial charge in [-0.25, -0.2) is 13.8 Å². The van der Waals surface area contributed by atoms with E-state index in [1.54, 1.807) is 0 Å². The molecule has 0 aliphatic heterocycles. The summed E-state index contributed by atoms with van der Waals surface area (Å²) in [5.41, 5.74) is -1.51. The standard InChI is InChI=1S/C20H14ClF2N3O6S/c1-31-20(28)14-4-5-15(32-14)33(29,30)26-13-3-2-12(22)16(17(13)23)18(27)11-8-25-19-10(11)6-9(21)7-24-19/h2-8,20,26,28H,1H3,(H,24,25). The first-order valence-electron chi connectivity index (χ1n) is 9.11. The molecule has 0 aliphatic rings. The molecule has 0 saturated carbocycles. The number of benzene rings is 1. The molecule has 3 N–H and O–H groups in total. The van der Waals surface area contributed by atoms with Crippen LogP contribution in [0.1, 0.15) is 28.0 Å². The molecule has 13 heteroatoms. The molecular weight excluding hydrogens is 484 g/mol. The van der Waals surface area contributed by atoms with Gasteiger partial charge in [0.2, 0.25) is 17.2 Å². The summed E-state index contributed by atoms with van der Waals surface area (Å²) >= 11 is 5.90. The number of anilines is 1. The van der Waals surface area contributed by atoms with Crippen molar-refractivity contribution in [1.29, 1.82) is 0 Å². The van der Waals surface area contributed by atoms with E-state index in [4.69, 9.17) is 16.0 Å². The molecular formula is C20H14ClF2N3O6S. The highest BCUT2D eigenvalue weighted by molar-refractivity contribution is 7.92. The molecule has 9 nitrogen and oxygen atoms in total. The lowest BCUT2D eigenvalue weighted by Gasteiger charge is -2.11. The number of hydrogen-bond donors (Lipinski definition) is 3.